The third-order valence-electron chi connectivity index (χ3n) is 5.67. The zero-order chi connectivity index (χ0) is 22.9. The average Bonchev–Trinajstić information content (AvgIpc) is 3.27. The first kappa shape index (κ1) is 21.2. The number of amides is 2. The molecule has 0 saturated carbocycles. The largest absolute Gasteiger partial charge is 0.381 e. The second-order valence-corrected chi connectivity index (χ2v) is 8.64. The van der Waals surface area contributed by atoms with Crippen LogP contribution >= 0.6 is 11.6 Å². The topological polar surface area (TPSA) is 125 Å². The third kappa shape index (κ3) is 4.33. The van der Waals surface area contributed by atoms with E-state index in [0.29, 0.717) is 28.9 Å². The van der Waals surface area contributed by atoms with Crippen LogP contribution in [0.25, 0.3) is 33.4 Å². The molecule has 0 spiro atoms. The van der Waals surface area contributed by atoms with Crippen molar-refractivity contribution >= 4 is 40.2 Å². The first-order valence-electron chi connectivity index (χ1n) is 10.6. The first-order chi connectivity index (χ1) is 16.0. The number of carbonyl (C=O) groups excluding carboxylic acids is 1. The van der Waals surface area contributed by atoms with Gasteiger partial charge in [-0.1, -0.05) is 41.9 Å². The number of aromatic nitrogens is 4. The minimum Gasteiger partial charge on any atom is -0.381 e. The second-order valence-electron chi connectivity index (χ2n) is 8.24. The summed E-state index contributed by atoms with van der Waals surface area (Å²) in [5, 5.41) is 13.9. The molecule has 3 heterocycles. The SMILES string of the molecule is CN1CC(CNC(=O)Nc2nc(-c3cc(Cl)c4[nH]ncc4c3)c(-c3ccccc3)nc2N)C1. The highest BCUT2D eigenvalue weighted by atomic mass is 35.5. The van der Waals surface area contributed by atoms with Crippen LogP contribution in [0.15, 0.2) is 48.7 Å². The fraction of sp³-hybridized carbons (Fsp3) is 0.217. The number of benzene rings is 2. The number of nitrogens with one attached hydrogen (secondary N) is 3. The fourth-order valence-electron chi connectivity index (χ4n) is 4.04. The Kier molecular flexibility index (Phi) is 5.57. The lowest BCUT2D eigenvalue weighted by molar-refractivity contribution is 0.134. The standard InChI is InChI=1S/C23H23ClN8O/c1-32-11-13(12-32)9-26-23(33)30-22-21(25)28-19(14-5-3-2-4-6-14)20(29-22)15-7-16-10-27-31-18(16)17(24)8-15/h2-8,10,13H,9,11-12H2,1H3,(H2,25,28)(H,27,31)(H2,26,29,30,33). The minimum atomic E-state index is -0.368. The molecule has 168 valence electrons. The number of rotatable bonds is 5. The third-order valence-corrected chi connectivity index (χ3v) is 5.97. The molecule has 1 aliphatic heterocycles. The molecule has 0 aliphatic carbocycles. The normalized spacial score (nSPS) is 14.2. The molecule has 2 amide bonds. The van der Waals surface area contributed by atoms with Gasteiger partial charge in [0.2, 0.25) is 0 Å². The summed E-state index contributed by atoms with van der Waals surface area (Å²) in [6, 6.07) is 13.0. The van der Waals surface area contributed by atoms with Gasteiger partial charge in [-0.25, -0.2) is 14.8 Å². The van der Waals surface area contributed by atoms with E-state index in [1.165, 1.54) is 0 Å². The molecule has 5 rings (SSSR count). The Balaban J connectivity index is 1.51. The van der Waals surface area contributed by atoms with E-state index >= 15 is 0 Å². The number of hydrogen-bond acceptors (Lipinski definition) is 6. The van der Waals surface area contributed by atoms with Gasteiger partial charge in [0.25, 0.3) is 0 Å². The second kappa shape index (κ2) is 8.68. The molecule has 5 N–H and O–H groups in total. The molecule has 4 aromatic rings. The number of fused-ring (bicyclic) bond motifs is 1. The zero-order valence-corrected chi connectivity index (χ0v) is 18.7. The van der Waals surface area contributed by atoms with Gasteiger partial charge in [0.1, 0.15) is 0 Å². The molecule has 1 fully saturated rings. The van der Waals surface area contributed by atoms with Crippen molar-refractivity contribution in [2.45, 2.75) is 0 Å². The fourth-order valence-corrected chi connectivity index (χ4v) is 4.30. The Hall–Kier alpha value is -3.69. The average molecular weight is 463 g/mol. The lowest BCUT2D eigenvalue weighted by atomic mass is 10.0. The number of nitrogens with zero attached hydrogens (tertiary/aromatic N) is 4. The summed E-state index contributed by atoms with van der Waals surface area (Å²) in [5.41, 5.74) is 9.68. The zero-order valence-electron chi connectivity index (χ0n) is 18.0. The number of urea groups is 1. The molecule has 9 nitrogen and oxygen atoms in total. The lowest BCUT2D eigenvalue weighted by Crippen LogP contribution is -2.49. The lowest BCUT2D eigenvalue weighted by Gasteiger charge is -2.36. The summed E-state index contributed by atoms with van der Waals surface area (Å²) in [4.78, 5) is 24.0. The van der Waals surface area contributed by atoms with Crippen LogP contribution in [0.1, 0.15) is 0 Å². The van der Waals surface area contributed by atoms with Gasteiger partial charge in [0.05, 0.1) is 28.1 Å². The van der Waals surface area contributed by atoms with Gasteiger partial charge in [-0.05, 0) is 19.2 Å². The van der Waals surface area contributed by atoms with E-state index in [1.807, 2.05) is 36.4 Å². The van der Waals surface area contributed by atoms with Gasteiger partial charge in [0, 0.05) is 42.1 Å². The molecular weight excluding hydrogens is 440 g/mol. The molecule has 0 unspecified atom stereocenters. The van der Waals surface area contributed by atoms with Gasteiger partial charge in [0.15, 0.2) is 11.6 Å². The van der Waals surface area contributed by atoms with Crippen LogP contribution in [0.5, 0.6) is 0 Å². The molecule has 10 heteroatoms. The highest BCUT2D eigenvalue weighted by Gasteiger charge is 2.24. The molecule has 2 aromatic heterocycles. The summed E-state index contributed by atoms with van der Waals surface area (Å²) >= 11 is 6.48. The van der Waals surface area contributed by atoms with Crippen molar-refractivity contribution in [2.24, 2.45) is 5.92 Å². The Morgan fingerprint density at radius 2 is 1.94 bits per heavy atom. The van der Waals surface area contributed by atoms with Crippen LogP contribution in [0.3, 0.4) is 0 Å². The number of halogens is 1. The molecule has 2 aromatic carbocycles. The van der Waals surface area contributed by atoms with Gasteiger partial charge >= 0.3 is 6.03 Å². The van der Waals surface area contributed by atoms with Crippen LogP contribution in [0.2, 0.25) is 5.02 Å². The van der Waals surface area contributed by atoms with Gasteiger partial charge in [-0.3, -0.25) is 10.4 Å². The van der Waals surface area contributed by atoms with Crippen LogP contribution in [0.4, 0.5) is 16.4 Å². The Bertz CT molecular complexity index is 1320. The molecular formula is C23H23ClN8O. The maximum absolute atomic E-state index is 12.5. The van der Waals surface area contributed by atoms with E-state index in [-0.39, 0.29) is 17.7 Å². The van der Waals surface area contributed by atoms with Crippen molar-refractivity contribution in [1.29, 1.82) is 0 Å². The van der Waals surface area contributed by atoms with Crippen molar-refractivity contribution < 1.29 is 4.79 Å². The summed E-state index contributed by atoms with van der Waals surface area (Å²) < 4.78 is 0. The molecule has 33 heavy (non-hydrogen) atoms. The van der Waals surface area contributed by atoms with E-state index in [4.69, 9.17) is 22.3 Å². The highest BCUT2D eigenvalue weighted by molar-refractivity contribution is 6.35. The monoisotopic (exact) mass is 462 g/mol. The predicted molar refractivity (Wildman–Crippen MR) is 130 cm³/mol. The minimum absolute atomic E-state index is 0.131. The van der Waals surface area contributed by atoms with Crippen molar-refractivity contribution in [2.75, 3.05) is 37.7 Å². The molecule has 1 aliphatic rings. The summed E-state index contributed by atoms with van der Waals surface area (Å²) in [7, 11) is 2.05. The Labute approximate surface area is 195 Å². The van der Waals surface area contributed by atoms with Crippen molar-refractivity contribution in [3.05, 3.63) is 53.7 Å². The van der Waals surface area contributed by atoms with Gasteiger partial charge in [-0.2, -0.15) is 5.10 Å². The summed E-state index contributed by atoms with van der Waals surface area (Å²) in [5.74, 6) is 0.770. The van der Waals surface area contributed by atoms with E-state index in [9.17, 15) is 4.79 Å². The molecule has 1 saturated heterocycles. The van der Waals surface area contributed by atoms with E-state index in [1.54, 1.807) is 12.3 Å². The summed E-state index contributed by atoms with van der Waals surface area (Å²) in [6.45, 7) is 2.52. The maximum atomic E-state index is 12.5. The Morgan fingerprint density at radius 1 is 1.18 bits per heavy atom. The van der Waals surface area contributed by atoms with Crippen molar-refractivity contribution in [3.8, 4) is 22.5 Å². The Morgan fingerprint density at radius 3 is 2.70 bits per heavy atom. The molecule has 0 bridgehead atoms. The number of hydrogen-bond donors (Lipinski definition) is 4. The number of carbonyl (C=O) groups is 1. The number of aromatic amines is 1. The van der Waals surface area contributed by atoms with E-state index < -0.39 is 0 Å². The number of nitrogens with two attached hydrogens (primary N) is 1. The van der Waals surface area contributed by atoms with Crippen LogP contribution in [0, 0.1) is 5.92 Å². The molecule has 0 atom stereocenters. The van der Waals surface area contributed by atoms with Crippen LogP contribution < -0.4 is 16.4 Å². The number of H-pyrrole nitrogens is 1. The maximum Gasteiger partial charge on any atom is 0.320 e. The number of likely N-dealkylation sites (tertiary alicyclic amines) is 1. The highest BCUT2D eigenvalue weighted by Crippen LogP contribution is 2.35. The van der Waals surface area contributed by atoms with Crippen LogP contribution in [-0.4, -0.2) is 57.8 Å². The smallest absolute Gasteiger partial charge is 0.320 e. The van der Waals surface area contributed by atoms with Gasteiger partial charge in [-0.15, -0.1) is 0 Å². The number of nitrogen functional groups attached to an aromatic ring is 1. The van der Waals surface area contributed by atoms with Crippen LogP contribution in [-0.2, 0) is 0 Å². The molecule has 0 radical (unpaired) electrons. The van der Waals surface area contributed by atoms with E-state index in [2.05, 4.69) is 37.8 Å². The summed E-state index contributed by atoms with van der Waals surface area (Å²) in [6.07, 6.45) is 1.70. The van der Waals surface area contributed by atoms with Crippen molar-refractivity contribution in [3.63, 3.8) is 0 Å². The van der Waals surface area contributed by atoms with E-state index in [0.717, 1.165) is 35.1 Å². The first-order valence-corrected chi connectivity index (χ1v) is 10.9. The number of anilines is 2. The van der Waals surface area contributed by atoms with Crippen molar-refractivity contribution in [1.82, 2.24) is 30.4 Å². The quantitative estimate of drug-likeness (QED) is 0.359. The van der Waals surface area contributed by atoms with Gasteiger partial charge < -0.3 is 16.0 Å². The predicted octanol–water partition coefficient (Wildman–Crippen LogP) is 3.61.